The third-order valence-electron chi connectivity index (χ3n) is 3.22. The second kappa shape index (κ2) is 6.23. The van der Waals surface area contributed by atoms with E-state index < -0.39 is 11.6 Å². The van der Waals surface area contributed by atoms with Gasteiger partial charge in [-0.25, -0.2) is 18.7 Å². The summed E-state index contributed by atoms with van der Waals surface area (Å²) in [6.07, 6.45) is 1.40. The van der Waals surface area contributed by atoms with E-state index in [2.05, 4.69) is 25.9 Å². The molecule has 3 aromatic rings. The maximum atomic E-state index is 13.8. The van der Waals surface area contributed by atoms with Crippen molar-refractivity contribution in [3.8, 4) is 28.6 Å². The SMILES string of the molecule is N#Cc1nc(-c2c(F)cccc2F)ncc1-c1cccc(Br)c1. The van der Waals surface area contributed by atoms with Crippen LogP contribution in [0.25, 0.3) is 22.5 Å². The Balaban J connectivity index is 2.17. The Bertz CT molecular complexity index is 915. The summed E-state index contributed by atoms with van der Waals surface area (Å²) < 4.78 is 28.5. The van der Waals surface area contributed by atoms with Gasteiger partial charge in [-0.15, -0.1) is 0 Å². The summed E-state index contributed by atoms with van der Waals surface area (Å²) in [4.78, 5) is 8.05. The molecule has 0 unspecified atom stereocenters. The molecular formula is C17H8BrF2N3. The Kier molecular flexibility index (Phi) is 4.13. The molecular weight excluding hydrogens is 364 g/mol. The summed E-state index contributed by atoms with van der Waals surface area (Å²) in [5.41, 5.74) is 0.936. The molecule has 0 saturated carbocycles. The molecule has 0 N–H and O–H groups in total. The molecule has 1 heterocycles. The predicted octanol–water partition coefficient (Wildman–Crippen LogP) is 4.72. The van der Waals surface area contributed by atoms with Gasteiger partial charge in [0, 0.05) is 16.2 Å². The number of hydrogen-bond donors (Lipinski definition) is 0. The molecule has 112 valence electrons. The third kappa shape index (κ3) is 2.96. The van der Waals surface area contributed by atoms with E-state index in [9.17, 15) is 14.0 Å². The molecule has 2 aromatic carbocycles. The van der Waals surface area contributed by atoms with Crippen LogP contribution < -0.4 is 0 Å². The summed E-state index contributed by atoms with van der Waals surface area (Å²) in [6, 6.07) is 12.7. The third-order valence-corrected chi connectivity index (χ3v) is 3.71. The molecule has 3 nitrogen and oxygen atoms in total. The lowest BCUT2D eigenvalue weighted by Crippen LogP contribution is -1.99. The van der Waals surface area contributed by atoms with Crippen LogP contribution in [0.15, 0.2) is 53.1 Å². The first kappa shape index (κ1) is 15.3. The van der Waals surface area contributed by atoms with Gasteiger partial charge in [0.1, 0.15) is 17.7 Å². The Morgan fingerprint density at radius 2 is 1.74 bits per heavy atom. The average Bonchev–Trinajstić information content (AvgIpc) is 2.54. The number of nitriles is 1. The number of benzene rings is 2. The van der Waals surface area contributed by atoms with Gasteiger partial charge in [0.25, 0.3) is 0 Å². The summed E-state index contributed by atoms with van der Waals surface area (Å²) in [5, 5.41) is 9.32. The van der Waals surface area contributed by atoms with E-state index in [1.165, 1.54) is 12.3 Å². The molecule has 0 aliphatic carbocycles. The van der Waals surface area contributed by atoms with E-state index in [1.807, 2.05) is 24.3 Å². The van der Waals surface area contributed by atoms with Crippen molar-refractivity contribution in [1.29, 1.82) is 5.26 Å². The zero-order valence-corrected chi connectivity index (χ0v) is 13.2. The van der Waals surface area contributed by atoms with Gasteiger partial charge in [-0.1, -0.05) is 34.1 Å². The number of nitrogens with zero attached hydrogens (tertiary/aromatic N) is 3. The van der Waals surface area contributed by atoms with Crippen LogP contribution in [0.5, 0.6) is 0 Å². The molecule has 0 bridgehead atoms. The van der Waals surface area contributed by atoms with E-state index in [1.54, 1.807) is 6.07 Å². The lowest BCUT2D eigenvalue weighted by molar-refractivity contribution is 0.587. The fourth-order valence-corrected chi connectivity index (χ4v) is 2.57. The first-order chi connectivity index (χ1) is 11.1. The molecule has 0 amide bonds. The molecule has 0 saturated heterocycles. The van der Waals surface area contributed by atoms with Crippen LogP contribution in [0.3, 0.4) is 0 Å². The Hall–Kier alpha value is -2.65. The van der Waals surface area contributed by atoms with Crippen LogP contribution in [-0.2, 0) is 0 Å². The number of hydrogen-bond acceptors (Lipinski definition) is 3. The fourth-order valence-electron chi connectivity index (χ4n) is 2.17. The smallest absolute Gasteiger partial charge is 0.166 e. The summed E-state index contributed by atoms with van der Waals surface area (Å²) in [5.74, 6) is -1.70. The normalized spacial score (nSPS) is 10.3. The van der Waals surface area contributed by atoms with Gasteiger partial charge in [-0.2, -0.15) is 5.26 Å². The van der Waals surface area contributed by atoms with E-state index in [0.29, 0.717) is 5.56 Å². The monoisotopic (exact) mass is 371 g/mol. The molecule has 23 heavy (non-hydrogen) atoms. The van der Waals surface area contributed by atoms with Crippen molar-refractivity contribution in [1.82, 2.24) is 9.97 Å². The summed E-state index contributed by atoms with van der Waals surface area (Å²) in [6.45, 7) is 0. The van der Waals surface area contributed by atoms with E-state index >= 15 is 0 Å². The molecule has 0 spiro atoms. The topological polar surface area (TPSA) is 49.6 Å². The molecule has 0 aliphatic heterocycles. The maximum absolute atomic E-state index is 13.8. The minimum absolute atomic E-state index is 0.0516. The van der Waals surface area contributed by atoms with Crippen molar-refractivity contribution in [2.45, 2.75) is 0 Å². The van der Waals surface area contributed by atoms with Gasteiger partial charge in [-0.3, -0.25) is 0 Å². The van der Waals surface area contributed by atoms with E-state index in [4.69, 9.17) is 0 Å². The number of rotatable bonds is 2. The summed E-state index contributed by atoms with van der Waals surface area (Å²) in [7, 11) is 0. The Labute approximate surface area is 139 Å². The van der Waals surface area contributed by atoms with Gasteiger partial charge in [0.2, 0.25) is 0 Å². The molecule has 0 radical (unpaired) electrons. The van der Waals surface area contributed by atoms with Crippen molar-refractivity contribution in [2.24, 2.45) is 0 Å². The van der Waals surface area contributed by atoms with Gasteiger partial charge >= 0.3 is 0 Å². The Morgan fingerprint density at radius 3 is 2.39 bits per heavy atom. The largest absolute Gasteiger partial charge is 0.236 e. The zero-order valence-electron chi connectivity index (χ0n) is 11.6. The first-order valence-corrected chi connectivity index (χ1v) is 7.37. The highest BCUT2D eigenvalue weighted by atomic mass is 79.9. The van der Waals surface area contributed by atoms with Crippen molar-refractivity contribution in [3.05, 3.63) is 70.5 Å². The van der Waals surface area contributed by atoms with Gasteiger partial charge < -0.3 is 0 Å². The second-order valence-electron chi connectivity index (χ2n) is 4.67. The second-order valence-corrected chi connectivity index (χ2v) is 5.59. The van der Waals surface area contributed by atoms with Crippen molar-refractivity contribution < 1.29 is 8.78 Å². The van der Waals surface area contributed by atoms with Crippen LogP contribution in [0.2, 0.25) is 0 Å². The van der Waals surface area contributed by atoms with E-state index in [0.717, 1.165) is 22.2 Å². The number of halogens is 3. The minimum atomic E-state index is -0.774. The standard InChI is InChI=1S/C17H8BrF2N3/c18-11-4-1-3-10(7-11)12-9-22-17(23-15(12)8-21)16-13(19)5-2-6-14(16)20/h1-7,9H. The highest BCUT2D eigenvalue weighted by molar-refractivity contribution is 9.10. The zero-order chi connectivity index (χ0) is 16.4. The fraction of sp³-hybridized carbons (Fsp3) is 0. The van der Waals surface area contributed by atoms with Crippen molar-refractivity contribution >= 4 is 15.9 Å². The molecule has 0 fully saturated rings. The predicted molar refractivity (Wildman–Crippen MR) is 85.2 cm³/mol. The minimum Gasteiger partial charge on any atom is -0.236 e. The Morgan fingerprint density at radius 1 is 1.04 bits per heavy atom. The van der Waals surface area contributed by atoms with Gasteiger partial charge in [0.05, 0.1) is 5.56 Å². The van der Waals surface area contributed by atoms with Gasteiger partial charge in [0.15, 0.2) is 11.5 Å². The maximum Gasteiger partial charge on any atom is 0.166 e. The molecule has 6 heteroatoms. The highest BCUT2D eigenvalue weighted by Crippen LogP contribution is 2.28. The summed E-state index contributed by atoms with van der Waals surface area (Å²) >= 11 is 3.35. The van der Waals surface area contributed by atoms with E-state index in [-0.39, 0.29) is 17.1 Å². The van der Waals surface area contributed by atoms with Crippen LogP contribution >= 0.6 is 15.9 Å². The molecule has 1 aromatic heterocycles. The van der Waals surface area contributed by atoms with Gasteiger partial charge in [-0.05, 0) is 29.8 Å². The molecule has 0 atom stereocenters. The number of aromatic nitrogens is 2. The average molecular weight is 372 g/mol. The molecule has 0 aliphatic rings. The van der Waals surface area contributed by atoms with Crippen LogP contribution in [-0.4, -0.2) is 9.97 Å². The van der Waals surface area contributed by atoms with Crippen molar-refractivity contribution in [3.63, 3.8) is 0 Å². The molecule has 3 rings (SSSR count). The van der Waals surface area contributed by atoms with Crippen LogP contribution in [0.4, 0.5) is 8.78 Å². The lowest BCUT2D eigenvalue weighted by atomic mass is 10.1. The quantitative estimate of drug-likeness (QED) is 0.654. The lowest BCUT2D eigenvalue weighted by Gasteiger charge is -2.07. The first-order valence-electron chi connectivity index (χ1n) is 6.57. The van der Waals surface area contributed by atoms with Crippen molar-refractivity contribution in [2.75, 3.05) is 0 Å². The van der Waals surface area contributed by atoms with Crippen LogP contribution in [0, 0.1) is 23.0 Å². The highest BCUT2D eigenvalue weighted by Gasteiger charge is 2.16. The van der Waals surface area contributed by atoms with Crippen LogP contribution in [0.1, 0.15) is 5.69 Å².